The molecular weight excluding hydrogens is 452 g/mol. The number of nitrogens with one attached hydrogen (secondary N) is 1. The number of H-pyrrole nitrogens is 1. The Balaban J connectivity index is 1.81. The summed E-state index contributed by atoms with van der Waals surface area (Å²) in [4.78, 5) is 40.5. The first kappa shape index (κ1) is 23.8. The maximum Gasteiger partial charge on any atom is 0.335 e. The lowest BCUT2D eigenvalue weighted by atomic mass is 9.99. The number of hydrogen-bond acceptors (Lipinski definition) is 7. The fourth-order valence-electron chi connectivity index (χ4n) is 4.09. The molecule has 0 unspecified atom stereocenters. The lowest BCUT2D eigenvalue weighted by Crippen LogP contribution is -2.33. The highest BCUT2D eigenvalue weighted by Crippen LogP contribution is 2.35. The van der Waals surface area contributed by atoms with Gasteiger partial charge in [0.2, 0.25) is 11.8 Å². The van der Waals surface area contributed by atoms with Crippen LogP contribution in [0.15, 0.2) is 63.2 Å². The summed E-state index contributed by atoms with van der Waals surface area (Å²) >= 11 is 0. The number of aromatic hydroxyl groups is 1. The van der Waals surface area contributed by atoms with E-state index in [0.717, 1.165) is 10.1 Å². The van der Waals surface area contributed by atoms with Crippen molar-refractivity contribution < 1.29 is 19.4 Å². The van der Waals surface area contributed by atoms with Crippen LogP contribution in [0.2, 0.25) is 0 Å². The van der Waals surface area contributed by atoms with Crippen LogP contribution in [-0.2, 0) is 4.79 Å². The van der Waals surface area contributed by atoms with Crippen molar-refractivity contribution in [1.29, 1.82) is 0 Å². The number of carbonyl (C=O) groups is 1. The molecule has 0 saturated heterocycles. The van der Waals surface area contributed by atoms with E-state index in [1.807, 2.05) is 19.1 Å². The van der Waals surface area contributed by atoms with Crippen LogP contribution in [0.1, 0.15) is 43.9 Å². The average Bonchev–Trinajstić information content (AvgIpc) is 3.29. The van der Waals surface area contributed by atoms with E-state index in [9.17, 15) is 19.5 Å². The number of aromatic amines is 1. The third-order valence-electron chi connectivity index (χ3n) is 5.74. The maximum absolute atomic E-state index is 12.8. The van der Waals surface area contributed by atoms with Gasteiger partial charge in [-0.3, -0.25) is 14.6 Å². The van der Waals surface area contributed by atoms with Crippen molar-refractivity contribution in [1.82, 2.24) is 14.6 Å². The average molecular weight is 479 g/mol. The number of aromatic nitrogens is 2. The van der Waals surface area contributed by atoms with Crippen molar-refractivity contribution in [2.24, 2.45) is 5.10 Å². The van der Waals surface area contributed by atoms with E-state index >= 15 is 0 Å². The Kier molecular flexibility index (Phi) is 6.72. The first-order chi connectivity index (χ1) is 16.9. The van der Waals surface area contributed by atoms with Crippen molar-refractivity contribution in [2.75, 3.05) is 13.7 Å². The number of amides is 1. The molecule has 0 bridgehead atoms. The van der Waals surface area contributed by atoms with E-state index in [2.05, 4.69) is 10.1 Å². The summed E-state index contributed by atoms with van der Waals surface area (Å²) < 4.78 is 11.8. The van der Waals surface area contributed by atoms with Crippen LogP contribution in [0, 0.1) is 0 Å². The normalized spacial score (nSPS) is 15.1. The molecule has 182 valence electrons. The summed E-state index contributed by atoms with van der Waals surface area (Å²) in [7, 11) is 1.43. The summed E-state index contributed by atoms with van der Waals surface area (Å²) in [5, 5.41) is 16.8. The third kappa shape index (κ3) is 4.42. The Morgan fingerprint density at radius 1 is 1.14 bits per heavy atom. The Hall–Kier alpha value is -4.34. The molecule has 0 radical (unpaired) electrons. The quantitative estimate of drug-likeness (QED) is 0.538. The van der Waals surface area contributed by atoms with E-state index in [1.54, 1.807) is 43.3 Å². The highest BCUT2D eigenvalue weighted by atomic mass is 16.5. The largest absolute Gasteiger partial charge is 0.495 e. The van der Waals surface area contributed by atoms with Crippen LogP contribution in [-0.4, -0.2) is 45.0 Å². The number of rotatable bonds is 7. The predicted octanol–water partition coefficient (Wildman–Crippen LogP) is 2.73. The van der Waals surface area contributed by atoms with Crippen LogP contribution in [0.5, 0.6) is 17.4 Å². The highest BCUT2D eigenvalue weighted by molar-refractivity contribution is 6.04. The molecular formula is C25H26N4O6. The molecule has 10 nitrogen and oxygen atoms in total. The minimum absolute atomic E-state index is 0.167. The van der Waals surface area contributed by atoms with Crippen molar-refractivity contribution in [3.8, 4) is 23.1 Å². The Morgan fingerprint density at radius 3 is 2.51 bits per heavy atom. The van der Waals surface area contributed by atoms with Gasteiger partial charge in [-0.15, -0.1) is 0 Å². The number of carbonyl (C=O) groups excluding carboxylic acids is 1. The molecule has 1 amide bonds. The minimum Gasteiger partial charge on any atom is -0.495 e. The van der Waals surface area contributed by atoms with Crippen LogP contribution in [0.3, 0.4) is 0 Å². The Bertz CT molecular complexity index is 1390. The fraction of sp³-hybridized carbons (Fsp3) is 0.280. The number of benzene rings is 2. The maximum atomic E-state index is 12.8. The first-order valence-electron chi connectivity index (χ1n) is 11.2. The zero-order chi connectivity index (χ0) is 25.1. The van der Waals surface area contributed by atoms with Gasteiger partial charge in [0.1, 0.15) is 17.1 Å². The van der Waals surface area contributed by atoms with Gasteiger partial charge in [0.25, 0.3) is 5.56 Å². The SMILES string of the molecule is CCOc1ccc([C@H]2CC(c3c(O)n(-c4ccccc4OC)c(=O)[nH]c3=O)=NN2C(=O)CC)cc1. The fourth-order valence-corrected chi connectivity index (χ4v) is 4.09. The number of methoxy groups -OCH3 is 1. The topological polar surface area (TPSA) is 126 Å². The van der Waals surface area contributed by atoms with Crippen LogP contribution < -0.4 is 20.7 Å². The molecule has 35 heavy (non-hydrogen) atoms. The number of nitrogens with zero attached hydrogens (tertiary/aromatic N) is 3. The minimum atomic E-state index is -0.830. The zero-order valence-electron chi connectivity index (χ0n) is 19.6. The lowest BCUT2D eigenvalue weighted by molar-refractivity contribution is -0.132. The third-order valence-corrected chi connectivity index (χ3v) is 5.74. The van der Waals surface area contributed by atoms with Crippen molar-refractivity contribution >= 4 is 11.6 Å². The number of hydrogen-bond donors (Lipinski definition) is 2. The van der Waals surface area contributed by atoms with E-state index in [4.69, 9.17) is 9.47 Å². The zero-order valence-corrected chi connectivity index (χ0v) is 19.6. The molecule has 4 rings (SSSR count). The molecule has 1 aromatic heterocycles. The van der Waals surface area contributed by atoms with E-state index in [1.165, 1.54) is 12.1 Å². The summed E-state index contributed by atoms with van der Waals surface area (Å²) in [6.07, 6.45) is 0.369. The van der Waals surface area contributed by atoms with Gasteiger partial charge in [-0.2, -0.15) is 5.10 Å². The van der Waals surface area contributed by atoms with E-state index in [0.29, 0.717) is 18.1 Å². The second kappa shape index (κ2) is 9.88. The smallest absolute Gasteiger partial charge is 0.335 e. The van der Waals surface area contributed by atoms with Gasteiger partial charge in [0.05, 0.1) is 31.2 Å². The molecule has 0 fully saturated rings. The number of para-hydroxylation sites is 2. The monoisotopic (exact) mass is 478 g/mol. The van der Waals surface area contributed by atoms with Gasteiger partial charge in [-0.05, 0) is 36.8 Å². The number of hydrazone groups is 1. The number of ether oxygens (including phenoxy) is 2. The molecule has 0 saturated carbocycles. The molecule has 10 heteroatoms. The van der Waals surface area contributed by atoms with E-state index < -0.39 is 23.2 Å². The summed E-state index contributed by atoms with van der Waals surface area (Å²) in [5.41, 5.74) is -0.579. The molecule has 2 aromatic carbocycles. The van der Waals surface area contributed by atoms with Gasteiger partial charge in [0.15, 0.2) is 0 Å². The first-order valence-corrected chi connectivity index (χ1v) is 11.2. The lowest BCUT2D eigenvalue weighted by Gasteiger charge is -2.21. The van der Waals surface area contributed by atoms with Crippen molar-refractivity contribution in [3.63, 3.8) is 0 Å². The van der Waals surface area contributed by atoms with Gasteiger partial charge in [-0.25, -0.2) is 14.4 Å². The van der Waals surface area contributed by atoms with Gasteiger partial charge < -0.3 is 14.6 Å². The van der Waals surface area contributed by atoms with Crippen LogP contribution in [0.25, 0.3) is 5.69 Å². The van der Waals surface area contributed by atoms with E-state index in [-0.39, 0.29) is 35.7 Å². The predicted molar refractivity (Wildman–Crippen MR) is 130 cm³/mol. The molecule has 3 aromatic rings. The second-order valence-electron chi connectivity index (χ2n) is 7.83. The second-order valence-corrected chi connectivity index (χ2v) is 7.83. The molecule has 1 aliphatic rings. The van der Waals surface area contributed by atoms with Crippen LogP contribution >= 0.6 is 0 Å². The van der Waals surface area contributed by atoms with Crippen molar-refractivity contribution in [2.45, 2.75) is 32.7 Å². The molecule has 0 aliphatic carbocycles. The Morgan fingerprint density at radius 2 is 1.86 bits per heavy atom. The molecule has 2 heterocycles. The summed E-state index contributed by atoms with van der Waals surface area (Å²) in [6.45, 7) is 4.14. The summed E-state index contributed by atoms with van der Waals surface area (Å²) in [6, 6.07) is 13.4. The highest BCUT2D eigenvalue weighted by Gasteiger charge is 2.35. The molecule has 2 N–H and O–H groups in total. The van der Waals surface area contributed by atoms with Crippen molar-refractivity contribution in [3.05, 3.63) is 80.5 Å². The standard InChI is InChI=1S/C25H26N4O6/c1-4-21(30)29-19(15-10-12-16(13-11-15)35-5-2)14-17(27-29)22-23(31)26-25(33)28(24(22)32)18-8-6-7-9-20(18)34-3/h6-13,19,32H,4-5,14H2,1-3H3,(H,26,31,33)/t19-/m1/s1. The van der Waals surface area contributed by atoms with Crippen LogP contribution in [0.4, 0.5) is 0 Å². The van der Waals surface area contributed by atoms with Gasteiger partial charge in [-0.1, -0.05) is 31.2 Å². The molecule has 0 spiro atoms. The van der Waals surface area contributed by atoms with Gasteiger partial charge >= 0.3 is 5.69 Å². The molecule has 1 atom stereocenters. The Labute approximate surface area is 201 Å². The van der Waals surface area contributed by atoms with Gasteiger partial charge in [0, 0.05) is 12.8 Å². The molecule has 1 aliphatic heterocycles. The summed E-state index contributed by atoms with van der Waals surface area (Å²) in [5.74, 6) is 0.194.